The summed E-state index contributed by atoms with van der Waals surface area (Å²) in [5.41, 5.74) is 2.69. The molecule has 2 aliphatic rings. The summed E-state index contributed by atoms with van der Waals surface area (Å²) in [4.78, 5) is 34.0. The van der Waals surface area contributed by atoms with Gasteiger partial charge in [-0.3, -0.25) is 18.9 Å². The third-order valence-corrected chi connectivity index (χ3v) is 8.63. The minimum Gasteiger partial charge on any atom is -0.493 e. The van der Waals surface area contributed by atoms with Gasteiger partial charge in [-0.1, -0.05) is 55.4 Å². The van der Waals surface area contributed by atoms with Gasteiger partial charge >= 0.3 is 0 Å². The molecule has 3 aromatic rings. The molecule has 0 spiro atoms. The quantitative estimate of drug-likeness (QED) is 0.295. The van der Waals surface area contributed by atoms with Crippen molar-refractivity contribution < 1.29 is 14.3 Å². The highest BCUT2D eigenvalue weighted by Crippen LogP contribution is 2.34. The highest BCUT2D eigenvalue weighted by molar-refractivity contribution is 8.26. The van der Waals surface area contributed by atoms with Gasteiger partial charge in [0, 0.05) is 18.8 Å². The zero-order valence-electron chi connectivity index (χ0n) is 22.4. The van der Waals surface area contributed by atoms with E-state index in [2.05, 4.69) is 5.32 Å². The molecule has 39 heavy (non-hydrogen) atoms. The maximum Gasteiger partial charge on any atom is 0.267 e. The predicted molar refractivity (Wildman–Crippen MR) is 160 cm³/mol. The number of methoxy groups -OCH3 is 2. The van der Waals surface area contributed by atoms with E-state index < -0.39 is 0 Å². The lowest BCUT2D eigenvalue weighted by Crippen LogP contribution is -2.30. The average Bonchev–Trinajstić information content (AvgIpc) is 3.22. The van der Waals surface area contributed by atoms with Gasteiger partial charge in [0.2, 0.25) is 0 Å². The molecule has 2 aromatic heterocycles. The number of pyridine rings is 1. The van der Waals surface area contributed by atoms with Gasteiger partial charge in [-0.15, -0.1) is 0 Å². The second-order valence-corrected chi connectivity index (χ2v) is 11.5. The number of anilines is 1. The number of hydrogen-bond donors (Lipinski definition) is 1. The van der Waals surface area contributed by atoms with Crippen LogP contribution in [0.2, 0.25) is 0 Å². The molecule has 5 rings (SSSR count). The fraction of sp³-hybridized carbons (Fsp3) is 0.379. The Morgan fingerprint density at radius 1 is 1.13 bits per heavy atom. The number of ether oxygens (including phenoxy) is 2. The van der Waals surface area contributed by atoms with Crippen LogP contribution in [0.15, 0.2) is 46.2 Å². The zero-order valence-corrected chi connectivity index (χ0v) is 24.0. The largest absolute Gasteiger partial charge is 0.493 e. The summed E-state index contributed by atoms with van der Waals surface area (Å²) in [7, 11) is 3.19. The van der Waals surface area contributed by atoms with Crippen LogP contribution in [0.4, 0.5) is 5.82 Å². The van der Waals surface area contributed by atoms with Gasteiger partial charge in [0.05, 0.1) is 24.7 Å². The molecule has 1 aromatic carbocycles. The normalized spacial score (nSPS) is 17.3. The Balaban J connectivity index is 1.44. The van der Waals surface area contributed by atoms with E-state index in [0.29, 0.717) is 50.7 Å². The van der Waals surface area contributed by atoms with Crippen molar-refractivity contribution in [2.45, 2.75) is 51.5 Å². The smallest absolute Gasteiger partial charge is 0.267 e. The maximum absolute atomic E-state index is 13.7. The zero-order chi connectivity index (χ0) is 27.5. The van der Waals surface area contributed by atoms with Crippen molar-refractivity contribution in [1.82, 2.24) is 14.3 Å². The van der Waals surface area contributed by atoms with E-state index in [9.17, 15) is 9.59 Å². The first-order chi connectivity index (χ1) is 18.9. The van der Waals surface area contributed by atoms with Crippen molar-refractivity contribution in [2.75, 3.05) is 26.1 Å². The fourth-order valence-corrected chi connectivity index (χ4v) is 6.38. The first-order valence-electron chi connectivity index (χ1n) is 13.1. The number of rotatable bonds is 8. The molecule has 1 saturated carbocycles. The molecule has 1 amide bonds. The number of fused-ring (bicyclic) bond motifs is 1. The molecule has 1 aliphatic carbocycles. The van der Waals surface area contributed by atoms with Gasteiger partial charge in [0.1, 0.15) is 15.8 Å². The second kappa shape index (κ2) is 11.8. The van der Waals surface area contributed by atoms with Crippen LogP contribution in [0.3, 0.4) is 0 Å². The molecular formula is C29H32N4O4S2. The number of thiocarbonyl (C=S) groups is 1. The summed E-state index contributed by atoms with van der Waals surface area (Å²) in [6.45, 7) is 2.36. The summed E-state index contributed by atoms with van der Waals surface area (Å²) in [5.74, 6) is 1.61. The molecule has 204 valence electrons. The average molecular weight is 565 g/mol. The number of aromatic nitrogens is 2. The SMILES string of the molecule is COc1ccc(CCN2C(=O)C(=Cc3c(NC4CCCCC4)nc4c(C)cccn4c3=O)SC2=S)cc1OC. The number of nitrogens with zero attached hydrogens (tertiary/aromatic N) is 3. The maximum atomic E-state index is 13.7. The minimum absolute atomic E-state index is 0.206. The van der Waals surface area contributed by atoms with Crippen LogP contribution in [-0.2, 0) is 11.2 Å². The van der Waals surface area contributed by atoms with Crippen LogP contribution in [0, 0.1) is 6.92 Å². The van der Waals surface area contributed by atoms with E-state index in [1.54, 1.807) is 35.8 Å². The molecule has 1 saturated heterocycles. The lowest BCUT2D eigenvalue weighted by molar-refractivity contribution is -0.122. The van der Waals surface area contributed by atoms with Crippen molar-refractivity contribution in [3.63, 3.8) is 0 Å². The van der Waals surface area contributed by atoms with Crippen molar-refractivity contribution in [3.05, 3.63) is 68.5 Å². The number of nitrogens with one attached hydrogen (secondary N) is 1. The van der Waals surface area contributed by atoms with Gasteiger partial charge in [0.15, 0.2) is 11.5 Å². The Labute approximate surface area is 237 Å². The summed E-state index contributed by atoms with van der Waals surface area (Å²) in [6.07, 6.45) is 9.56. The summed E-state index contributed by atoms with van der Waals surface area (Å²) in [6, 6.07) is 9.72. The van der Waals surface area contributed by atoms with Crippen molar-refractivity contribution in [1.29, 1.82) is 0 Å². The molecule has 0 radical (unpaired) electrons. The molecule has 1 aliphatic heterocycles. The number of hydrogen-bond acceptors (Lipinski definition) is 8. The van der Waals surface area contributed by atoms with Crippen LogP contribution in [0.5, 0.6) is 11.5 Å². The number of benzene rings is 1. The van der Waals surface area contributed by atoms with E-state index in [1.165, 1.54) is 18.2 Å². The van der Waals surface area contributed by atoms with Crippen molar-refractivity contribution in [2.24, 2.45) is 0 Å². The van der Waals surface area contributed by atoms with Gasteiger partial charge < -0.3 is 14.8 Å². The summed E-state index contributed by atoms with van der Waals surface area (Å²) >= 11 is 6.79. The Morgan fingerprint density at radius 3 is 2.64 bits per heavy atom. The summed E-state index contributed by atoms with van der Waals surface area (Å²) < 4.78 is 12.7. The lowest BCUT2D eigenvalue weighted by Gasteiger charge is -2.24. The van der Waals surface area contributed by atoms with E-state index in [4.69, 9.17) is 26.7 Å². The number of thioether (sulfide) groups is 1. The molecule has 0 bridgehead atoms. The molecular weight excluding hydrogens is 532 g/mol. The van der Waals surface area contributed by atoms with Crippen LogP contribution >= 0.6 is 24.0 Å². The van der Waals surface area contributed by atoms with Crippen LogP contribution in [0.25, 0.3) is 11.7 Å². The monoisotopic (exact) mass is 564 g/mol. The Hall–Kier alpha value is -3.37. The molecule has 10 heteroatoms. The molecule has 3 heterocycles. The Bertz CT molecular complexity index is 1510. The number of carbonyl (C=O) groups excluding carboxylic acids is 1. The molecule has 0 unspecified atom stereocenters. The standard InChI is InChI=1S/C29H32N4O4S2/c1-18-8-7-14-32-26(18)31-25(30-20-9-5-4-6-10-20)21(27(32)34)17-24-28(35)33(29(38)39-24)15-13-19-11-12-22(36-2)23(16-19)37-3/h7-8,11-12,14,16-17,20,30H,4-6,9-10,13,15H2,1-3H3. The fourth-order valence-electron chi connectivity index (χ4n) is 5.09. The van der Waals surface area contributed by atoms with Crippen LogP contribution in [0.1, 0.15) is 48.8 Å². The van der Waals surface area contributed by atoms with Crippen LogP contribution in [-0.4, -0.2) is 51.3 Å². The van der Waals surface area contributed by atoms with E-state index >= 15 is 0 Å². The number of amides is 1. The Kier molecular flexibility index (Phi) is 8.23. The molecule has 0 atom stereocenters. The topological polar surface area (TPSA) is 85.2 Å². The van der Waals surface area contributed by atoms with Gasteiger partial charge in [-0.2, -0.15) is 0 Å². The number of aryl methyl sites for hydroxylation is 1. The van der Waals surface area contributed by atoms with Crippen molar-refractivity contribution in [3.8, 4) is 11.5 Å². The minimum atomic E-state index is -0.211. The third kappa shape index (κ3) is 5.67. The highest BCUT2D eigenvalue weighted by Gasteiger charge is 2.32. The molecule has 8 nitrogen and oxygen atoms in total. The third-order valence-electron chi connectivity index (χ3n) is 7.25. The first kappa shape index (κ1) is 27.2. The second-order valence-electron chi connectivity index (χ2n) is 9.82. The molecule has 1 N–H and O–H groups in total. The van der Waals surface area contributed by atoms with E-state index in [-0.39, 0.29) is 17.5 Å². The first-order valence-corrected chi connectivity index (χ1v) is 14.4. The molecule has 2 fully saturated rings. The van der Waals surface area contributed by atoms with Gasteiger partial charge in [-0.05, 0) is 61.6 Å². The summed E-state index contributed by atoms with van der Waals surface area (Å²) in [5, 5.41) is 3.53. The lowest BCUT2D eigenvalue weighted by atomic mass is 9.95. The Morgan fingerprint density at radius 2 is 1.90 bits per heavy atom. The highest BCUT2D eigenvalue weighted by atomic mass is 32.2. The number of carbonyl (C=O) groups is 1. The van der Waals surface area contributed by atoms with Crippen LogP contribution < -0.4 is 20.3 Å². The van der Waals surface area contributed by atoms with Crippen molar-refractivity contribution >= 4 is 51.7 Å². The van der Waals surface area contributed by atoms with E-state index in [1.807, 2.05) is 37.3 Å². The van der Waals surface area contributed by atoms with E-state index in [0.717, 1.165) is 36.8 Å². The van der Waals surface area contributed by atoms with Gasteiger partial charge in [0.25, 0.3) is 11.5 Å². The van der Waals surface area contributed by atoms with Gasteiger partial charge in [-0.25, -0.2) is 4.98 Å². The predicted octanol–water partition coefficient (Wildman–Crippen LogP) is 5.21.